The highest BCUT2D eigenvalue weighted by Crippen LogP contribution is 2.59. The van der Waals surface area contributed by atoms with Crippen molar-refractivity contribution in [2.75, 3.05) is 9.80 Å². The molecule has 10 aromatic carbocycles. The molecule has 0 amide bonds. The molecule has 0 aliphatic heterocycles. The van der Waals surface area contributed by atoms with Crippen molar-refractivity contribution in [1.29, 1.82) is 0 Å². The monoisotopic (exact) mass is 934 g/mol. The van der Waals surface area contributed by atoms with E-state index in [-0.39, 0.29) is 10.8 Å². The van der Waals surface area contributed by atoms with Gasteiger partial charge in [0.15, 0.2) is 11.2 Å². The van der Waals surface area contributed by atoms with Crippen LogP contribution in [0.5, 0.6) is 0 Å². The number of hydrogen-bond donors (Lipinski definition) is 0. The van der Waals surface area contributed by atoms with E-state index in [1.165, 1.54) is 77.2 Å². The van der Waals surface area contributed by atoms with Crippen LogP contribution in [0.2, 0.25) is 0 Å². The Morgan fingerprint density at radius 1 is 0.292 bits per heavy atom. The smallest absolute Gasteiger partial charge is 0.159 e. The van der Waals surface area contributed by atoms with E-state index < -0.39 is 0 Å². The van der Waals surface area contributed by atoms with Gasteiger partial charge in [0.25, 0.3) is 0 Å². The number of rotatable bonds is 6. The summed E-state index contributed by atoms with van der Waals surface area (Å²) in [5.41, 5.74) is 23.1. The predicted octanol–water partition coefficient (Wildman–Crippen LogP) is 20.2. The number of fused-ring (bicyclic) bond motifs is 12. The van der Waals surface area contributed by atoms with Crippen molar-refractivity contribution in [1.82, 2.24) is 0 Å². The quantitative estimate of drug-likeness (QED) is 0.166. The van der Waals surface area contributed by atoms with Crippen LogP contribution in [0.3, 0.4) is 0 Å². The largest absolute Gasteiger partial charge is 0.454 e. The normalized spacial score (nSPS) is 12.6. The standard InChI is InChI=1S/C68H58N2O2/c1-39-47-35-33-45(69(43-21-13-11-14-22-43)57-31-19-27-51-49-25-17-29-55(67(5,6)7)63(49)71-65(51)57)37-53(47)41(3)61-59(39)60-40(2)48-36-34-46(38-54(48)42(4)62(60)61)70(44-23-15-12-16-24-44)58-32-20-28-52-50-26-18-30-56(68(8,9)10)64(50)72-66(52)58/h11-38H,1-10H3. The van der Waals surface area contributed by atoms with Crippen LogP contribution in [0.25, 0.3) is 87.7 Å². The van der Waals surface area contributed by atoms with Gasteiger partial charge in [-0.1, -0.05) is 151 Å². The van der Waals surface area contributed by atoms with Gasteiger partial charge in [-0.05, 0) is 165 Å². The van der Waals surface area contributed by atoms with Crippen LogP contribution in [0.4, 0.5) is 34.1 Å². The van der Waals surface area contributed by atoms with Crippen LogP contribution in [-0.4, -0.2) is 0 Å². The molecular formula is C68H58N2O2. The van der Waals surface area contributed by atoms with Gasteiger partial charge >= 0.3 is 0 Å². The summed E-state index contributed by atoms with van der Waals surface area (Å²) in [7, 11) is 0. The molecule has 12 aromatic rings. The van der Waals surface area contributed by atoms with Crippen molar-refractivity contribution in [2.45, 2.75) is 80.1 Å². The first kappa shape index (κ1) is 43.9. The minimum Gasteiger partial charge on any atom is -0.454 e. The zero-order valence-electron chi connectivity index (χ0n) is 42.9. The van der Waals surface area contributed by atoms with E-state index in [0.29, 0.717) is 0 Å². The van der Waals surface area contributed by atoms with Crippen LogP contribution in [-0.2, 0) is 10.8 Å². The lowest BCUT2D eigenvalue weighted by molar-refractivity contribution is 0.572. The minimum atomic E-state index is -0.0725. The average Bonchev–Trinajstić information content (AvgIpc) is 3.95. The van der Waals surface area contributed by atoms with E-state index in [9.17, 15) is 0 Å². The van der Waals surface area contributed by atoms with E-state index in [0.717, 1.165) is 78.0 Å². The van der Waals surface area contributed by atoms with Gasteiger partial charge in [0, 0.05) is 55.4 Å². The van der Waals surface area contributed by atoms with Crippen LogP contribution >= 0.6 is 0 Å². The third-order valence-corrected chi connectivity index (χ3v) is 15.8. The number of aryl methyl sites for hydroxylation is 4. The van der Waals surface area contributed by atoms with Gasteiger partial charge in [0.05, 0.1) is 11.4 Å². The Balaban J connectivity index is 0.978. The summed E-state index contributed by atoms with van der Waals surface area (Å²) in [5, 5.41) is 9.62. The van der Waals surface area contributed by atoms with Gasteiger partial charge in [0.2, 0.25) is 0 Å². The number of anilines is 6. The first-order valence-corrected chi connectivity index (χ1v) is 25.4. The Hall–Kier alpha value is -8.08. The lowest BCUT2D eigenvalue weighted by Crippen LogP contribution is -2.12. The van der Waals surface area contributed by atoms with E-state index in [2.05, 4.69) is 249 Å². The van der Waals surface area contributed by atoms with Crippen molar-refractivity contribution < 1.29 is 8.83 Å². The molecule has 0 atom stereocenters. The number of benzene rings is 10. The maximum absolute atomic E-state index is 7.01. The number of hydrogen-bond acceptors (Lipinski definition) is 4. The van der Waals surface area contributed by atoms with Gasteiger partial charge in [-0.15, -0.1) is 0 Å². The molecule has 0 N–H and O–H groups in total. The van der Waals surface area contributed by atoms with E-state index in [1.54, 1.807) is 0 Å². The Labute approximate surface area is 421 Å². The van der Waals surface area contributed by atoms with Gasteiger partial charge < -0.3 is 18.6 Å². The molecule has 1 aliphatic rings. The Morgan fingerprint density at radius 2 is 0.625 bits per heavy atom. The lowest BCUT2D eigenvalue weighted by Gasteiger charge is -2.35. The predicted molar refractivity (Wildman–Crippen MR) is 306 cm³/mol. The maximum atomic E-state index is 7.01. The maximum Gasteiger partial charge on any atom is 0.159 e. The Bertz CT molecular complexity index is 3940. The van der Waals surface area contributed by atoms with Crippen molar-refractivity contribution in [3.8, 4) is 22.3 Å². The molecule has 0 fully saturated rings. The second-order valence-electron chi connectivity index (χ2n) is 22.2. The number of nitrogens with zero attached hydrogens (tertiary/aromatic N) is 2. The minimum absolute atomic E-state index is 0.0725. The summed E-state index contributed by atoms with van der Waals surface area (Å²) >= 11 is 0. The molecule has 72 heavy (non-hydrogen) atoms. The number of furan rings is 2. The summed E-state index contributed by atoms with van der Waals surface area (Å²) in [4.78, 5) is 4.75. The second-order valence-corrected chi connectivity index (χ2v) is 22.2. The zero-order chi connectivity index (χ0) is 49.5. The van der Waals surface area contributed by atoms with Crippen molar-refractivity contribution in [2.24, 2.45) is 0 Å². The first-order chi connectivity index (χ1) is 34.7. The average molecular weight is 935 g/mol. The van der Waals surface area contributed by atoms with Crippen LogP contribution < -0.4 is 9.80 Å². The van der Waals surface area contributed by atoms with Crippen molar-refractivity contribution in [3.05, 3.63) is 203 Å². The molecule has 2 aromatic heterocycles. The van der Waals surface area contributed by atoms with Crippen LogP contribution in [0, 0.1) is 27.7 Å². The third-order valence-electron chi connectivity index (χ3n) is 15.8. The molecule has 0 radical (unpaired) electrons. The topological polar surface area (TPSA) is 32.8 Å². The summed E-state index contributed by atoms with van der Waals surface area (Å²) < 4.78 is 14.0. The van der Waals surface area contributed by atoms with E-state index in [1.807, 2.05) is 0 Å². The fourth-order valence-corrected chi connectivity index (χ4v) is 12.2. The van der Waals surface area contributed by atoms with Gasteiger partial charge in [0.1, 0.15) is 11.2 Å². The molecule has 2 heterocycles. The van der Waals surface area contributed by atoms with Crippen LogP contribution in [0.1, 0.15) is 74.9 Å². The fourth-order valence-electron chi connectivity index (χ4n) is 12.2. The molecule has 0 saturated carbocycles. The molecule has 0 bridgehead atoms. The summed E-state index contributed by atoms with van der Waals surface area (Å²) in [5.74, 6) is 0. The zero-order valence-corrected chi connectivity index (χ0v) is 42.9. The van der Waals surface area contributed by atoms with Gasteiger partial charge in [-0.2, -0.15) is 0 Å². The van der Waals surface area contributed by atoms with E-state index in [4.69, 9.17) is 8.83 Å². The first-order valence-electron chi connectivity index (χ1n) is 25.4. The molecule has 0 unspecified atom stereocenters. The molecule has 13 rings (SSSR count). The Kier molecular flexibility index (Phi) is 9.58. The molecule has 1 aliphatic carbocycles. The van der Waals surface area contributed by atoms with E-state index >= 15 is 0 Å². The third kappa shape index (κ3) is 6.37. The van der Waals surface area contributed by atoms with Gasteiger partial charge in [-0.25, -0.2) is 0 Å². The molecule has 0 saturated heterocycles. The lowest BCUT2D eigenvalue weighted by atomic mass is 9.69. The number of para-hydroxylation sites is 6. The highest BCUT2D eigenvalue weighted by atomic mass is 16.3. The molecular weight excluding hydrogens is 877 g/mol. The molecule has 0 spiro atoms. The summed E-state index contributed by atoms with van der Waals surface area (Å²) in [6.45, 7) is 22.9. The Morgan fingerprint density at radius 3 is 0.986 bits per heavy atom. The second kappa shape index (κ2) is 15.7. The molecule has 352 valence electrons. The molecule has 4 nitrogen and oxygen atoms in total. The summed E-state index contributed by atoms with van der Waals surface area (Å²) in [6.07, 6.45) is 0. The van der Waals surface area contributed by atoms with Crippen molar-refractivity contribution >= 4 is 99.5 Å². The highest BCUT2D eigenvalue weighted by Gasteiger charge is 2.34. The van der Waals surface area contributed by atoms with Crippen molar-refractivity contribution in [3.63, 3.8) is 0 Å². The fraction of sp³-hybridized carbons (Fsp3) is 0.176. The SMILES string of the molecule is Cc1c2c(c(C)c3cc(N(c4ccccc4)c4cccc5c4oc4c(C(C)(C)C)cccc45)ccc13)-c1c-2c(C)c2ccc(N(c3ccccc3)c3cccc4c3oc3c(C(C)(C)C)cccc34)cc2c1C. The highest BCUT2D eigenvalue weighted by molar-refractivity contribution is 6.20. The molecule has 4 heteroatoms. The van der Waals surface area contributed by atoms with Gasteiger partial charge in [-0.3, -0.25) is 0 Å². The van der Waals surface area contributed by atoms with Crippen LogP contribution in [0.15, 0.2) is 179 Å². The summed E-state index contributed by atoms with van der Waals surface area (Å²) in [6, 6.07) is 61.8.